The average molecular weight is 360 g/mol. The van der Waals surface area contributed by atoms with E-state index in [-0.39, 0.29) is 24.0 Å². The van der Waals surface area contributed by atoms with Crippen LogP contribution in [0.25, 0.3) is 0 Å². The van der Waals surface area contributed by atoms with Crippen LogP contribution < -0.4 is 5.32 Å². The number of piperidine rings is 1. The van der Waals surface area contributed by atoms with Gasteiger partial charge in [-0.3, -0.25) is 9.59 Å². The Morgan fingerprint density at radius 2 is 2.15 bits per heavy atom. The van der Waals surface area contributed by atoms with Crippen LogP contribution in [0, 0.1) is 5.92 Å². The number of hydrogen-bond acceptors (Lipinski definition) is 4. The standard InChI is InChI=1S/C20H28N2O4/c1-2-13-8-10-25-17(13)20(24)22-9-4-6-15(11-22)21-19(23)18-16-7-3-5-14(16)12-26-18/h12-13,15,17H,2-11H2,1H3,(H,21,23)/t13-,15?,17+/m1/s1. The van der Waals surface area contributed by atoms with Gasteiger partial charge in [0.1, 0.15) is 6.10 Å². The Balaban J connectivity index is 1.37. The maximum atomic E-state index is 12.9. The Labute approximate surface area is 154 Å². The largest absolute Gasteiger partial charge is 0.459 e. The van der Waals surface area contributed by atoms with Crippen LogP contribution in [0.4, 0.5) is 0 Å². The van der Waals surface area contributed by atoms with Crippen LogP contribution in [0.5, 0.6) is 0 Å². The van der Waals surface area contributed by atoms with Gasteiger partial charge in [-0.2, -0.15) is 0 Å². The third kappa shape index (κ3) is 3.27. The number of ether oxygens (including phenoxy) is 1. The highest BCUT2D eigenvalue weighted by Crippen LogP contribution is 2.28. The summed E-state index contributed by atoms with van der Waals surface area (Å²) in [5, 5.41) is 3.08. The number of carbonyl (C=O) groups is 2. The van der Waals surface area contributed by atoms with Crippen LogP contribution in [-0.4, -0.2) is 48.6 Å². The molecule has 3 aliphatic rings. The summed E-state index contributed by atoms with van der Waals surface area (Å²) in [6.07, 6.45) is 8.14. The Kier molecular flexibility index (Phi) is 5.02. The van der Waals surface area contributed by atoms with Crippen molar-refractivity contribution in [1.82, 2.24) is 10.2 Å². The van der Waals surface area contributed by atoms with Crippen LogP contribution in [0.3, 0.4) is 0 Å². The van der Waals surface area contributed by atoms with Crippen LogP contribution in [-0.2, 0) is 22.4 Å². The van der Waals surface area contributed by atoms with Gasteiger partial charge in [0.2, 0.25) is 0 Å². The maximum absolute atomic E-state index is 12.9. The van der Waals surface area contributed by atoms with Gasteiger partial charge in [-0.05, 0) is 50.0 Å². The van der Waals surface area contributed by atoms with E-state index in [4.69, 9.17) is 9.15 Å². The third-order valence-corrected chi connectivity index (χ3v) is 6.11. The summed E-state index contributed by atoms with van der Waals surface area (Å²) < 4.78 is 11.2. The number of hydrogen-bond donors (Lipinski definition) is 1. The summed E-state index contributed by atoms with van der Waals surface area (Å²) in [6, 6.07) is -0.0242. The number of amides is 2. The van der Waals surface area contributed by atoms with Gasteiger partial charge in [0.05, 0.1) is 6.26 Å². The zero-order valence-corrected chi connectivity index (χ0v) is 15.5. The molecule has 3 heterocycles. The van der Waals surface area contributed by atoms with E-state index in [1.165, 1.54) is 5.56 Å². The predicted molar refractivity (Wildman–Crippen MR) is 95.9 cm³/mol. The molecule has 0 radical (unpaired) electrons. The third-order valence-electron chi connectivity index (χ3n) is 6.11. The lowest BCUT2D eigenvalue weighted by Gasteiger charge is -2.35. The molecule has 0 spiro atoms. The van der Waals surface area contributed by atoms with E-state index < -0.39 is 0 Å². The van der Waals surface area contributed by atoms with Crippen molar-refractivity contribution in [2.45, 2.75) is 64.0 Å². The Hall–Kier alpha value is -1.82. The number of aryl methyl sites for hydroxylation is 1. The number of furan rings is 1. The summed E-state index contributed by atoms with van der Waals surface area (Å²) in [5.41, 5.74) is 2.23. The van der Waals surface area contributed by atoms with Gasteiger partial charge < -0.3 is 19.4 Å². The topological polar surface area (TPSA) is 71.8 Å². The molecule has 26 heavy (non-hydrogen) atoms. The first-order valence-corrected chi connectivity index (χ1v) is 9.98. The molecule has 2 fully saturated rings. The Morgan fingerprint density at radius 1 is 1.27 bits per heavy atom. The molecule has 1 aliphatic carbocycles. The first kappa shape index (κ1) is 17.6. The van der Waals surface area contributed by atoms with Crippen molar-refractivity contribution in [2.75, 3.05) is 19.7 Å². The molecule has 1 aromatic rings. The summed E-state index contributed by atoms with van der Waals surface area (Å²) in [7, 11) is 0. The molecule has 142 valence electrons. The van der Waals surface area contributed by atoms with E-state index >= 15 is 0 Å². The van der Waals surface area contributed by atoms with E-state index in [1.54, 1.807) is 6.26 Å². The molecule has 0 bridgehead atoms. The summed E-state index contributed by atoms with van der Waals surface area (Å²) >= 11 is 0. The molecule has 2 aliphatic heterocycles. The summed E-state index contributed by atoms with van der Waals surface area (Å²) in [6.45, 7) is 4.09. The molecule has 2 amide bonds. The summed E-state index contributed by atoms with van der Waals surface area (Å²) in [4.78, 5) is 27.4. The number of likely N-dealkylation sites (tertiary alicyclic amines) is 1. The van der Waals surface area contributed by atoms with Gasteiger partial charge in [0.25, 0.3) is 11.8 Å². The molecule has 0 saturated carbocycles. The zero-order chi connectivity index (χ0) is 18.1. The molecule has 2 saturated heterocycles. The summed E-state index contributed by atoms with van der Waals surface area (Å²) in [5.74, 6) is 0.734. The zero-order valence-electron chi connectivity index (χ0n) is 15.5. The molecule has 6 nitrogen and oxygen atoms in total. The van der Waals surface area contributed by atoms with Crippen LogP contribution >= 0.6 is 0 Å². The Morgan fingerprint density at radius 3 is 3.00 bits per heavy atom. The van der Waals surface area contributed by atoms with Gasteiger partial charge in [-0.15, -0.1) is 0 Å². The van der Waals surface area contributed by atoms with E-state index in [2.05, 4.69) is 12.2 Å². The minimum Gasteiger partial charge on any atom is -0.459 e. The molecule has 3 atom stereocenters. The lowest BCUT2D eigenvalue weighted by atomic mass is 9.96. The van der Waals surface area contributed by atoms with Crippen molar-refractivity contribution in [3.8, 4) is 0 Å². The lowest BCUT2D eigenvalue weighted by molar-refractivity contribution is -0.144. The van der Waals surface area contributed by atoms with Crippen molar-refractivity contribution in [2.24, 2.45) is 5.92 Å². The fraction of sp³-hybridized carbons (Fsp3) is 0.700. The molecule has 6 heteroatoms. The highest BCUT2D eigenvalue weighted by Gasteiger charge is 2.37. The van der Waals surface area contributed by atoms with Crippen LogP contribution in [0.1, 0.15) is 60.7 Å². The number of carbonyl (C=O) groups excluding carboxylic acids is 2. The molecule has 1 unspecified atom stereocenters. The maximum Gasteiger partial charge on any atom is 0.287 e. The number of rotatable bonds is 4. The van der Waals surface area contributed by atoms with Crippen LogP contribution in [0.2, 0.25) is 0 Å². The van der Waals surface area contributed by atoms with Crippen molar-refractivity contribution < 1.29 is 18.7 Å². The van der Waals surface area contributed by atoms with Gasteiger partial charge in [-0.25, -0.2) is 0 Å². The van der Waals surface area contributed by atoms with Gasteiger partial charge in [0, 0.05) is 31.3 Å². The number of fused-ring (bicyclic) bond motifs is 1. The molecule has 1 N–H and O–H groups in total. The number of nitrogens with one attached hydrogen (secondary N) is 1. The Bertz CT molecular complexity index is 683. The normalized spacial score (nSPS) is 28.2. The monoisotopic (exact) mass is 360 g/mol. The number of nitrogens with zero attached hydrogens (tertiary/aromatic N) is 1. The molecular formula is C20H28N2O4. The second-order valence-electron chi connectivity index (χ2n) is 7.77. The fourth-order valence-corrected chi connectivity index (χ4v) is 4.60. The SMILES string of the molecule is CC[C@@H]1CCO[C@@H]1C(=O)N1CCCC(NC(=O)c2occ3c2CCC3)C1. The van der Waals surface area contributed by atoms with Crippen molar-refractivity contribution >= 4 is 11.8 Å². The highest BCUT2D eigenvalue weighted by molar-refractivity contribution is 5.93. The lowest BCUT2D eigenvalue weighted by Crippen LogP contribution is -2.52. The van der Waals surface area contributed by atoms with E-state index in [0.29, 0.717) is 24.8 Å². The van der Waals surface area contributed by atoms with Crippen molar-refractivity contribution in [3.63, 3.8) is 0 Å². The van der Waals surface area contributed by atoms with E-state index in [1.807, 2.05) is 4.90 Å². The second-order valence-corrected chi connectivity index (χ2v) is 7.77. The van der Waals surface area contributed by atoms with Gasteiger partial charge >= 0.3 is 0 Å². The molecule has 4 rings (SSSR count). The molecular weight excluding hydrogens is 332 g/mol. The predicted octanol–water partition coefficient (Wildman–Crippen LogP) is 2.30. The van der Waals surface area contributed by atoms with E-state index in [0.717, 1.165) is 57.1 Å². The van der Waals surface area contributed by atoms with Gasteiger partial charge in [-0.1, -0.05) is 13.3 Å². The quantitative estimate of drug-likeness (QED) is 0.894. The average Bonchev–Trinajstić information content (AvgIpc) is 3.37. The first-order chi connectivity index (χ1) is 12.7. The molecule has 0 aromatic carbocycles. The van der Waals surface area contributed by atoms with Crippen molar-refractivity contribution in [1.29, 1.82) is 0 Å². The van der Waals surface area contributed by atoms with E-state index in [9.17, 15) is 9.59 Å². The van der Waals surface area contributed by atoms with Gasteiger partial charge in [0.15, 0.2) is 5.76 Å². The van der Waals surface area contributed by atoms with Crippen molar-refractivity contribution in [3.05, 3.63) is 23.2 Å². The fourth-order valence-electron chi connectivity index (χ4n) is 4.60. The first-order valence-electron chi connectivity index (χ1n) is 9.98. The highest BCUT2D eigenvalue weighted by atomic mass is 16.5. The second kappa shape index (κ2) is 7.43. The smallest absolute Gasteiger partial charge is 0.287 e. The minimum absolute atomic E-state index is 0.0242. The molecule has 1 aromatic heterocycles. The van der Waals surface area contributed by atoms with Crippen LogP contribution in [0.15, 0.2) is 10.7 Å². The minimum atomic E-state index is -0.303.